The number of rotatable bonds is 2. The molecule has 0 aliphatic carbocycles. The van der Waals surface area contributed by atoms with Gasteiger partial charge in [0.25, 0.3) is 0 Å². The van der Waals surface area contributed by atoms with Crippen molar-refractivity contribution in [3.05, 3.63) is 66.5 Å². The Hall–Kier alpha value is -2.93. The van der Waals surface area contributed by atoms with Crippen LogP contribution in [0.1, 0.15) is 17.2 Å². The van der Waals surface area contributed by atoms with Crippen molar-refractivity contribution in [2.24, 2.45) is 0 Å². The molecule has 1 aliphatic heterocycles. The Morgan fingerprint density at radius 1 is 1.16 bits per heavy atom. The highest BCUT2D eigenvalue weighted by Gasteiger charge is 2.23. The third-order valence-corrected chi connectivity index (χ3v) is 4.38. The highest BCUT2D eigenvalue weighted by molar-refractivity contribution is 5.85. The Morgan fingerprint density at radius 3 is 2.88 bits per heavy atom. The van der Waals surface area contributed by atoms with Crippen LogP contribution in [-0.4, -0.2) is 33.9 Å². The number of hydrogen-bond donors (Lipinski definition) is 0. The van der Waals surface area contributed by atoms with E-state index < -0.39 is 0 Å². The fourth-order valence-electron chi connectivity index (χ4n) is 3.18. The fraction of sp³-hybridized carbons (Fsp3) is 0.176. The van der Waals surface area contributed by atoms with E-state index in [-0.39, 0.29) is 12.4 Å². The molecule has 126 valence electrons. The lowest BCUT2D eigenvalue weighted by atomic mass is 10.1. The molecule has 0 radical (unpaired) electrons. The van der Waals surface area contributed by atoms with Crippen molar-refractivity contribution in [3.63, 3.8) is 0 Å². The minimum absolute atomic E-state index is 0. The molecule has 0 bridgehead atoms. The van der Waals surface area contributed by atoms with Crippen LogP contribution in [0.15, 0.2) is 49.3 Å². The van der Waals surface area contributed by atoms with Crippen LogP contribution in [0.5, 0.6) is 0 Å². The highest BCUT2D eigenvalue weighted by Crippen LogP contribution is 2.31. The Morgan fingerprint density at radius 2 is 2.04 bits per heavy atom. The molecule has 0 spiro atoms. The topological polar surface area (TPSA) is 66.3 Å². The van der Waals surface area contributed by atoms with E-state index in [9.17, 15) is 0 Å². The van der Waals surface area contributed by atoms with Crippen LogP contribution in [0.4, 0.5) is 0 Å². The van der Waals surface area contributed by atoms with Gasteiger partial charge in [0.05, 0.1) is 42.8 Å². The average Bonchev–Trinajstić information content (AvgIpc) is 3.30. The largest absolute Gasteiger partial charge is 0.330 e. The quantitative estimate of drug-likeness (QED) is 0.489. The lowest BCUT2D eigenvalue weighted by Gasteiger charge is -2.07. The third-order valence-electron chi connectivity index (χ3n) is 4.38. The van der Waals surface area contributed by atoms with Crippen LogP contribution in [0.2, 0.25) is 0 Å². The number of nitrogens with zero attached hydrogens (tertiary/aromatic N) is 7. The van der Waals surface area contributed by atoms with Crippen molar-refractivity contribution in [1.82, 2.24) is 33.9 Å². The molecular weight excluding hydrogens is 338 g/mol. The standard InChI is InChI=1S/C17H15N7.ClH/c1-12-15-8-24-17(20-16(21-24)9-22-7-6-18-10-22)13-4-2-3-5-14(13)23(15)11-19-12;/h2-7,10-11H,8-9H2,1H3;1H. The second-order valence-corrected chi connectivity index (χ2v) is 5.91. The van der Waals surface area contributed by atoms with Gasteiger partial charge in [-0.05, 0) is 19.1 Å². The van der Waals surface area contributed by atoms with Crippen molar-refractivity contribution in [2.75, 3.05) is 0 Å². The van der Waals surface area contributed by atoms with Gasteiger partial charge in [-0.2, -0.15) is 5.10 Å². The predicted molar refractivity (Wildman–Crippen MR) is 95.0 cm³/mol. The molecule has 1 aromatic carbocycles. The SMILES string of the molecule is Cc1ncn2c1Cn1nc(Cn3ccnc3)nc1-c1ccccc1-2.Cl. The first-order valence-electron chi connectivity index (χ1n) is 7.81. The maximum Gasteiger partial charge on any atom is 0.171 e. The molecule has 0 saturated carbocycles. The van der Waals surface area contributed by atoms with Crippen LogP contribution in [0.3, 0.4) is 0 Å². The molecule has 0 atom stereocenters. The van der Waals surface area contributed by atoms with Gasteiger partial charge in [-0.1, -0.05) is 12.1 Å². The summed E-state index contributed by atoms with van der Waals surface area (Å²) in [4.78, 5) is 13.3. The second kappa shape index (κ2) is 5.86. The first-order valence-corrected chi connectivity index (χ1v) is 7.81. The molecular formula is C17H16ClN7. The molecule has 1 aliphatic rings. The Labute approximate surface area is 150 Å². The first-order chi connectivity index (χ1) is 11.8. The monoisotopic (exact) mass is 353 g/mol. The second-order valence-electron chi connectivity index (χ2n) is 5.91. The van der Waals surface area contributed by atoms with E-state index in [1.165, 1.54) is 0 Å². The summed E-state index contributed by atoms with van der Waals surface area (Å²) in [5.41, 5.74) is 4.32. The van der Waals surface area contributed by atoms with E-state index in [4.69, 9.17) is 10.1 Å². The van der Waals surface area contributed by atoms with Crippen molar-refractivity contribution >= 4 is 12.4 Å². The lowest BCUT2D eigenvalue weighted by Crippen LogP contribution is -2.07. The van der Waals surface area contributed by atoms with Gasteiger partial charge in [0.15, 0.2) is 11.6 Å². The lowest BCUT2D eigenvalue weighted by molar-refractivity contribution is 0.647. The molecule has 0 unspecified atom stereocenters. The number of aryl methyl sites for hydroxylation is 1. The molecule has 0 fully saturated rings. The van der Waals surface area contributed by atoms with Crippen LogP contribution in [-0.2, 0) is 13.1 Å². The maximum absolute atomic E-state index is 4.79. The summed E-state index contributed by atoms with van der Waals surface area (Å²) >= 11 is 0. The Kier molecular flexibility index (Phi) is 3.65. The summed E-state index contributed by atoms with van der Waals surface area (Å²) in [7, 11) is 0. The average molecular weight is 354 g/mol. The normalized spacial score (nSPS) is 11.9. The first kappa shape index (κ1) is 15.6. The van der Waals surface area contributed by atoms with E-state index in [1.54, 1.807) is 12.5 Å². The van der Waals surface area contributed by atoms with Crippen molar-refractivity contribution in [1.29, 1.82) is 0 Å². The number of imidazole rings is 2. The molecule has 5 rings (SSSR count). The third kappa shape index (κ3) is 2.44. The molecule has 7 nitrogen and oxygen atoms in total. The fourth-order valence-corrected chi connectivity index (χ4v) is 3.18. The number of para-hydroxylation sites is 1. The van der Waals surface area contributed by atoms with Crippen LogP contribution in [0.25, 0.3) is 17.1 Å². The van der Waals surface area contributed by atoms with Crippen LogP contribution >= 0.6 is 12.4 Å². The summed E-state index contributed by atoms with van der Waals surface area (Å²) < 4.78 is 6.08. The maximum atomic E-state index is 4.79. The molecule has 8 heteroatoms. The molecule has 4 heterocycles. The van der Waals surface area contributed by atoms with Gasteiger partial charge >= 0.3 is 0 Å². The zero-order valence-electron chi connectivity index (χ0n) is 13.6. The summed E-state index contributed by atoms with van der Waals surface area (Å²) in [6.45, 7) is 3.30. The minimum atomic E-state index is 0. The molecule has 4 aromatic rings. The summed E-state index contributed by atoms with van der Waals surface area (Å²) in [6, 6.07) is 8.25. The van der Waals surface area contributed by atoms with Gasteiger partial charge in [-0.3, -0.25) is 0 Å². The number of aromatic nitrogens is 7. The van der Waals surface area contributed by atoms with Gasteiger partial charge < -0.3 is 9.13 Å². The highest BCUT2D eigenvalue weighted by atomic mass is 35.5. The predicted octanol–water partition coefficient (Wildman–Crippen LogP) is 2.47. The Balaban J connectivity index is 0.00000157. The molecule has 0 N–H and O–H groups in total. The number of benzene rings is 1. The number of hydrogen-bond acceptors (Lipinski definition) is 4. The van der Waals surface area contributed by atoms with Crippen molar-refractivity contribution in [3.8, 4) is 17.1 Å². The van der Waals surface area contributed by atoms with Gasteiger partial charge in [0.1, 0.15) is 0 Å². The van der Waals surface area contributed by atoms with E-state index in [0.717, 1.165) is 34.3 Å². The van der Waals surface area contributed by atoms with E-state index in [0.29, 0.717) is 13.1 Å². The minimum Gasteiger partial charge on any atom is -0.330 e. The van der Waals surface area contributed by atoms with Crippen molar-refractivity contribution < 1.29 is 0 Å². The molecule has 25 heavy (non-hydrogen) atoms. The van der Waals surface area contributed by atoms with Gasteiger partial charge in [-0.25, -0.2) is 19.6 Å². The number of halogens is 1. The van der Waals surface area contributed by atoms with Crippen LogP contribution < -0.4 is 0 Å². The smallest absolute Gasteiger partial charge is 0.171 e. The van der Waals surface area contributed by atoms with Gasteiger partial charge in [-0.15, -0.1) is 12.4 Å². The summed E-state index contributed by atoms with van der Waals surface area (Å²) in [5, 5.41) is 4.72. The molecule has 0 saturated heterocycles. The van der Waals surface area contributed by atoms with Crippen LogP contribution in [0, 0.1) is 6.92 Å². The van der Waals surface area contributed by atoms with Gasteiger partial charge in [0.2, 0.25) is 0 Å². The summed E-state index contributed by atoms with van der Waals surface area (Å²) in [5.74, 6) is 1.67. The van der Waals surface area contributed by atoms with Crippen molar-refractivity contribution in [2.45, 2.75) is 20.0 Å². The zero-order chi connectivity index (χ0) is 16.1. The van der Waals surface area contributed by atoms with E-state index in [1.807, 2.05) is 40.8 Å². The summed E-state index contributed by atoms with van der Waals surface area (Å²) in [6.07, 6.45) is 7.33. The van der Waals surface area contributed by atoms with Gasteiger partial charge in [0, 0.05) is 18.0 Å². The molecule has 0 amide bonds. The Bertz CT molecular complexity index is 1030. The van der Waals surface area contributed by atoms with E-state index >= 15 is 0 Å². The molecule has 3 aromatic heterocycles. The van der Waals surface area contributed by atoms with E-state index in [2.05, 4.69) is 26.7 Å². The number of fused-ring (bicyclic) bond motifs is 5. The zero-order valence-corrected chi connectivity index (χ0v) is 14.4.